The molecule has 3 heterocycles. The lowest BCUT2D eigenvalue weighted by Gasteiger charge is -2.61. The number of carbonyl (C=O) groups is 1. The van der Waals surface area contributed by atoms with Gasteiger partial charge in [0.05, 0.1) is 0 Å². The quantitative estimate of drug-likeness (QED) is 0.833. The Balaban J connectivity index is 1.45. The summed E-state index contributed by atoms with van der Waals surface area (Å²) < 4.78 is 38.2. The Kier molecular flexibility index (Phi) is 3.87. The third kappa shape index (κ3) is 2.75. The SMILES string of the molecule is CN(C(=O)C(F)(F)F)[C@H]1C[C@@H]2CCC3(Cc4ccccc4)C[C@H](C1)N23. The highest BCUT2D eigenvalue weighted by molar-refractivity contribution is 5.81. The summed E-state index contributed by atoms with van der Waals surface area (Å²) in [5.41, 5.74) is 1.52. The van der Waals surface area contributed by atoms with Gasteiger partial charge in [-0.3, -0.25) is 9.69 Å². The van der Waals surface area contributed by atoms with Crippen molar-refractivity contribution in [1.82, 2.24) is 9.80 Å². The summed E-state index contributed by atoms with van der Waals surface area (Å²) in [5.74, 6) is -1.71. The number of carbonyl (C=O) groups excluding carboxylic acids is 1. The number of piperidine rings is 1. The zero-order chi connectivity index (χ0) is 17.8. The van der Waals surface area contributed by atoms with Crippen LogP contribution in [0.4, 0.5) is 13.2 Å². The molecule has 0 spiro atoms. The maximum atomic E-state index is 12.7. The second kappa shape index (κ2) is 5.73. The molecule has 3 fully saturated rings. The predicted octanol–water partition coefficient (Wildman–Crippen LogP) is 3.39. The average molecular weight is 352 g/mol. The number of rotatable bonds is 3. The highest BCUT2D eigenvalue weighted by atomic mass is 19.4. The first kappa shape index (κ1) is 16.9. The van der Waals surface area contributed by atoms with Gasteiger partial charge in [0, 0.05) is 30.7 Å². The number of hydrogen-bond acceptors (Lipinski definition) is 2. The van der Waals surface area contributed by atoms with Gasteiger partial charge >= 0.3 is 12.1 Å². The Hall–Kier alpha value is -1.56. The van der Waals surface area contributed by atoms with Crippen LogP contribution in [0.5, 0.6) is 0 Å². The number of alkyl halides is 3. The first-order valence-corrected chi connectivity index (χ1v) is 8.96. The van der Waals surface area contributed by atoms with Crippen LogP contribution in [0.25, 0.3) is 0 Å². The minimum atomic E-state index is -4.78. The Bertz CT molecular complexity index is 662. The number of benzene rings is 1. The smallest absolute Gasteiger partial charge is 0.335 e. The number of amides is 1. The van der Waals surface area contributed by atoms with Crippen LogP contribution < -0.4 is 0 Å². The normalized spacial score (nSPS) is 34.3. The molecule has 1 unspecified atom stereocenters. The first-order valence-electron chi connectivity index (χ1n) is 8.96. The fourth-order valence-corrected chi connectivity index (χ4v) is 5.47. The van der Waals surface area contributed by atoms with Crippen molar-refractivity contribution < 1.29 is 18.0 Å². The van der Waals surface area contributed by atoms with Crippen molar-refractivity contribution in [2.75, 3.05) is 7.05 Å². The van der Waals surface area contributed by atoms with Gasteiger partial charge < -0.3 is 4.90 Å². The molecule has 4 rings (SSSR count). The van der Waals surface area contributed by atoms with Crippen molar-refractivity contribution >= 4 is 5.91 Å². The van der Waals surface area contributed by atoms with Crippen molar-refractivity contribution in [3.05, 3.63) is 35.9 Å². The Morgan fingerprint density at radius 1 is 1.24 bits per heavy atom. The predicted molar refractivity (Wildman–Crippen MR) is 88.0 cm³/mol. The van der Waals surface area contributed by atoms with E-state index in [2.05, 4.69) is 29.2 Å². The van der Waals surface area contributed by atoms with E-state index in [1.165, 1.54) is 12.6 Å². The van der Waals surface area contributed by atoms with Crippen molar-refractivity contribution in [3.8, 4) is 0 Å². The number of halogens is 3. The van der Waals surface area contributed by atoms with Gasteiger partial charge in [-0.15, -0.1) is 0 Å². The Labute approximate surface area is 145 Å². The van der Waals surface area contributed by atoms with E-state index in [9.17, 15) is 18.0 Å². The summed E-state index contributed by atoms with van der Waals surface area (Å²) in [6.07, 6.45) is 0.710. The fraction of sp³-hybridized carbons (Fsp3) is 0.632. The second-order valence-corrected chi connectivity index (χ2v) is 7.88. The molecule has 3 nitrogen and oxygen atoms in total. The first-order chi connectivity index (χ1) is 11.8. The molecule has 0 bridgehead atoms. The van der Waals surface area contributed by atoms with Crippen molar-refractivity contribution in [2.24, 2.45) is 0 Å². The molecule has 0 aromatic heterocycles. The van der Waals surface area contributed by atoms with Crippen LogP contribution in [0.3, 0.4) is 0 Å². The van der Waals surface area contributed by atoms with Crippen molar-refractivity contribution in [1.29, 1.82) is 0 Å². The third-order valence-corrected chi connectivity index (χ3v) is 6.47. The highest BCUT2D eigenvalue weighted by Gasteiger charge is 2.61. The number of hydrogen-bond donors (Lipinski definition) is 0. The van der Waals surface area contributed by atoms with Gasteiger partial charge in [-0.1, -0.05) is 30.3 Å². The lowest BCUT2D eigenvalue weighted by atomic mass is 9.71. The minimum absolute atomic E-state index is 0.189. The van der Waals surface area contributed by atoms with E-state index in [1.807, 2.05) is 6.07 Å². The molecule has 4 atom stereocenters. The van der Waals surface area contributed by atoms with Gasteiger partial charge in [0.15, 0.2) is 0 Å². The zero-order valence-corrected chi connectivity index (χ0v) is 14.3. The maximum absolute atomic E-state index is 12.7. The van der Waals surface area contributed by atoms with Gasteiger partial charge in [-0.25, -0.2) is 0 Å². The summed E-state index contributed by atoms with van der Waals surface area (Å²) in [4.78, 5) is 15.1. The Morgan fingerprint density at radius 2 is 1.92 bits per heavy atom. The summed E-state index contributed by atoms with van der Waals surface area (Å²) in [6.45, 7) is 0. The van der Waals surface area contributed by atoms with E-state index in [-0.39, 0.29) is 11.6 Å². The Morgan fingerprint density at radius 3 is 2.60 bits per heavy atom. The van der Waals surface area contributed by atoms with E-state index < -0.39 is 12.1 Å². The molecule has 25 heavy (non-hydrogen) atoms. The lowest BCUT2D eigenvalue weighted by molar-refractivity contribution is -0.189. The molecule has 136 valence electrons. The zero-order valence-electron chi connectivity index (χ0n) is 14.3. The van der Waals surface area contributed by atoms with Crippen LogP contribution in [-0.4, -0.2) is 52.6 Å². The molecule has 0 aliphatic carbocycles. The van der Waals surface area contributed by atoms with E-state index in [0.717, 1.165) is 30.6 Å². The van der Waals surface area contributed by atoms with Gasteiger partial charge in [0.1, 0.15) is 0 Å². The molecule has 6 heteroatoms. The molecule has 0 radical (unpaired) electrons. The minimum Gasteiger partial charge on any atom is -0.335 e. The van der Waals surface area contributed by atoms with Gasteiger partial charge in [-0.2, -0.15) is 13.2 Å². The molecule has 1 aromatic carbocycles. The van der Waals surface area contributed by atoms with E-state index in [1.54, 1.807) is 0 Å². The molecule has 3 aliphatic rings. The van der Waals surface area contributed by atoms with Crippen molar-refractivity contribution in [2.45, 2.75) is 68.4 Å². The van der Waals surface area contributed by atoms with E-state index in [0.29, 0.717) is 24.9 Å². The molecular weight excluding hydrogens is 329 g/mol. The molecule has 1 aromatic rings. The molecule has 3 aliphatic heterocycles. The van der Waals surface area contributed by atoms with Gasteiger partial charge in [0.25, 0.3) is 0 Å². The maximum Gasteiger partial charge on any atom is 0.471 e. The average Bonchev–Trinajstić information content (AvgIpc) is 2.87. The second-order valence-electron chi connectivity index (χ2n) is 7.88. The van der Waals surface area contributed by atoms with Crippen LogP contribution in [-0.2, 0) is 11.2 Å². The monoisotopic (exact) mass is 352 g/mol. The van der Waals surface area contributed by atoms with Crippen LogP contribution >= 0.6 is 0 Å². The van der Waals surface area contributed by atoms with Crippen LogP contribution in [0, 0.1) is 0 Å². The van der Waals surface area contributed by atoms with Crippen LogP contribution in [0.15, 0.2) is 30.3 Å². The summed E-state index contributed by atoms with van der Waals surface area (Å²) >= 11 is 0. The standard InChI is InChI=1S/C19H23F3N2O/c1-23(17(25)19(20,21)22)15-9-14-7-8-18(12-16(10-15)24(14)18)11-13-5-3-2-4-6-13/h2-6,14-16H,7-12H2,1H3/t14-,15-,16-,18?/m0/s1. The number of nitrogens with zero attached hydrogens (tertiary/aromatic N) is 2. The van der Waals surface area contributed by atoms with Crippen LogP contribution in [0.1, 0.15) is 37.7 Å². The topological polar surface area (TPSA) is 23.6 Å². The molecule has 0 saturated carbocycles. The third-order valence-electron chi connectivity index (χ3n) is 6.47. The molecule has 0 N–H and O–H groups in total. The highest BCUT2D eigenvalue weighted by Crippen LogP contribution is 2.55. The van der Waals surface area contributed by atoms with Gasteiger partial charge in [0.2, 0.25) is 0 Å². The van der Waals surface area contributed by atoms with E-state index >= 15 is 0 Å². The lowest BCUT2D eigenvalue weighted by Crippen LogP contribution is -2.70. The summed E-state index contributed by atoms with van der Waals surface area (Å²) in [6, 6.07) is 10.8. The molecule has 1 amide bonds. The van der Waals surface area contributed by atoms with Crippen molar-refractivity contribution in [3.63, 3.8) is 0 Å². The van der Waals surface area contributed by atoms with E-state index in [4.69, 9.17) is 0 Å². The summed E-state index contributed by atoms with van der Waals surface area (Å²) in [7, 11) is 1.31. The summed E-state index contributed by atoms with van der Waals surface area (Å²) in [5, 5.41) is 0. The fourth-order valence-electron chi connectivity index (χ4n) is 5.47. The van der Waals surface area contributed by atoms with Gasteiger partial charge in [-0.05, 0) is 44.1 Å². The molecular formula is C19H23F3N2O. The largest absolute Gasteiger partial charge is 0.471 e. The van der Waals surface area contributed by atoms with Crippen LogP contribution in [0.2, 0.25) is 0 Å². The molecule has 3 saturated heterocycles.